The van der Waals surface area contributed by atoms with Crippen molar-refractivity contribution in [3.8, 4) is 6.07 Å². The van der Waals surface area contributed by atoms with Crippen LogP contribution >= 0.6 is 11.6 Å². The number of likely N-dealkylation sites (N-methyl/N-ethyl adjacent to an activating group) is 1. The van der Waals surface area contributed by atoms with E-state index in [9.17, 15) is 10.1 Å². The summed E-state index contributed by atoms with van der Waals surface area (Å²) in [6.45, 7) is 3.84. The van der Waals surface area contributed by atoms with Crippen LogP contribution in [-0.2, 0) is 26.4 Å². The van der Waals surface area contributed by atoms with Crippen molar-refractivity contribution < 1.29 is 0 Å². The van der Waals surface area contributed by atoms with Crippen molar-refractivity contribution >= 4 is 34.5 Å². The molecule has 1 aliphatic rings. The van der Waals surface area contributed by atoms with Crippen molar-refractivity contribution in [2.45, 2.75) is 26.3 Å². The Balaban J connectivity index is 1.51. The van der Waals surface area contributed by atoms with E-state index < -0.39 is 0 Å². The summed E-state index contributed by atoms with van der Waals surface area (Å²) in [6, 6.07) is 11.5. The summed E-state index contributed by atoms with van der Waals surface area (Å²) in [5.74, 6) is 2.22. The van der Waals surface area contributed by atoms with E-state index in [4.69, 9.17) is 21.6 Å². The van der Waals surface area contributed by atoms with Gasteiger partial charge in [0.05, 0.1) is 0 Å². The minimum absolute atomic E-state index is 0.120. The number of hydrogen-bond acceptors (Lipinski definition) is 7. The number of halogens is 1. The van der Waals surface area contributed by atoms with Crippen LogP contribution in [0.4, 0.5) is 11.8 Å². The number of hydrogen-bond donors (Lipinski definition) is 1. The molecule has 1 aliphatic heterocycles. The van der Waals surface area contributed by atoms with E-state index in [0.29, 0.717) is 37.7 Å². The zero-order valence-electron chi connectivity index (χ0n) is 19.8. The van der Waals surface area contributed by atoms with Crippen LogP contribution in [0.25, 0.3) is 11.2 Å². The Hall–Kier alpha value is -3.90. The van der Waals surface area contributed by atoms with Gasteiger partial charge < -0.3 is 19.4 Å². The van der Waals surface area contributed by atoms with Crippen molar-refractivity contribution in [3.05, 3.63) is 73.9 Å². The van der Waals surface area contributed by atoms with Gasteiger partial charge in [0.2, 0.25) is 5.95 Å². The van der Waals surface area contributed by atoms with Gasteiger partial charge in [0, 0.05) is 50.9 Å². The van der Waals surface area contributed by atoms with Crippen LogP contribution in [0.5, 0.6) is 0 Å². The smallest absolute Gasteiger partial charge is 0.266 e. The lowest BCUT2D eigenvalue weighted by molar-refractivity contribution is 0.697. The van der Waals surface area contributed by atoms with E-state index in [1.54, 1.807) is 6.07 Å². The number of aromatic nitrogens is 5. The van der Waals surface area contributed by atoms with Crippen LogP contribution in [0, 0.1) is 18.3 Å². The summed E-state index contributed by atoms with van der Waals surface area (Å²) >= 11 is 6.34. The van der Waals surface area contributed by atoms with E-state index in [0.717, 1.165) is 45.4 Å². The van der Waals surface area contributed by atoms with Gasteiger partial charge in [-0.05, 0) is 36.6 Å². The number of nitriles is 1. The second-order valence-corrected chi connectivity index (χ2v) is 9.21. The first kappa shape index (κ1) is 22.9. The van der Waals surface area contributed by atoms with E-state index >= 15 is 0 Å². The summed E-state index contributed by atoms with van der Waals surface area (Å²) in [4.78, 5) is 33.5. The topological polar surface area (TPSA) is 107 Å². The van der Waals surface area contributed by atoms with Crippen LogP contribution in [0.1, 0.15) is 28.2 Å². The molecule has 0 unspecified atom stereocenters. The number of benzene rings is 1. The first-order valence-electron chi connectivity index (χ1n) is 11.4. The molecule has 5 rings (SSSR count). The summed E-state index contributed by atoms with van der Waals surface area (Å²) in [6.07, 6.45) is 1.41. The molecule has 0 saturated carbocycles. The molecular formula is C25H25ClN8O. The lowest BCUT2D eigenvalue weighted by atomic mass is 10.0. The number of aryl methyl sites for hydroxylation is 2. The normalized spacial score (nSPS) is 13.1. The molecule has 0 aliphatic carbocycles. The highest BCUT2D eigenvalue weighted by Gasteiger charge is 2.25. The maximum atomic E-state index is 12.1. The first-order chi connectivity index (χ1) is 16.9. The monoisotopic (exact) mass is 488 g/mol. The third kappa shape index (κ3) is 4.21. The van der Waals surface area contributed by atoms with E-state index in [2.05, 4.69) is 14.9 Å². The largest absolute Gasteiger partial charge is 0.350 e. The Kier molecular flexibility index (Phi) is 5.91. The number of anilines is 2. The standard InChI is InChI=1S/C25H25ClN8O/c1-15-28-22-21(33(15)3)23(34-11-9-20-18(14-34)12-17(13-27)24(35)29-20)31-25(30-22)32(2)10-8-16-6-4-5-7-19(16)26/h4-7,12H,8-11,14H2,1-3H3,(H,29,35). The lowest BCUT2D eigenvalue weighted by Crippen LogP contribution is -2.34. The van der Waals surface area contributed by atoms with Gasteiger partial charge in [-0.1, -0.05) is 29.8 Å². The van der Waals surface area contributed by atoms with Gasteiger partial charge in [0.1, 0.15) is 23.0 Å². The van der Waals surface area contributed by atoms with E-state index in [1.165, 1.54) is 0 Å². The van der Waals surface area contributed by atoms with Crippen molar-refractivity contribution in [3.63, 3.8) is 0 Å². The van der Waals surface area contributed by atoms with Crippen molar-refractivity contribution in [1.29, 1.82) is 5.26 Å². The predicted octanol–water partition coefficient (Wildman–Crippen LogP) is 3.13. The van der Waals surface area contributed by atoms with Crippen LogP contribution < -0.4 is 15.4 Å². The Morgan fingerprint density at radius 1 is 1.26 bits per heavy atom. The van der Waals surface area contributed by atoms with E-state index in [-0.39, 0.29) is 11.1 Å². The molecule has 0 amide bonds. The molecule has 0 radical (unpaired) electrons. The Bertz CT molecular complexity index is 1530. The maximum Gasteiger partial charge on any atom is 0.266 e. The maximum absolute atomic E-state index is 12.1. The minimum Gasteiger partial charge on any atom is -0.350 e. The van der Waals surface area contributed by atoms with Crippen molar-refractivity contribution in [1.82, 2.24) is 24.5 Å². The molecule has 10 heteroatoms. The summed E-state index contributed by atoms with van der Waals surface area (Å²) < 4.78 is 2.00. The molecule has 4 aromatic rings. The van der Waals surface area contributed by atoms with E-state index in [1.807, 2.05) is 60.8 Å². The number of imidazole rings is 1. The van der Waals surface area contributed by atoms with Gasteiger partial charge in [0.25, 0.3) is 5.56 Å². The summed E-state index contributed by atoms with van der Waals surface area (Å²) in [7, 11) is 3.93. The second kappa shape index (κ2) is 9.04. The van der Waals surface area contributed by atoms with Crippen LogP contribution in [0.15, 0.2) is 35.1 Å². The van der Waals surface area contributed by atoms with Crippen molar-refractivity contribution in [2.24, 2.45) is 7.05 Å². The second-order valence-electron chi connectivity index (χ2n) is 8.80. The number of aromatic amines is 1. The molecule has 1 N–H and O–H groups in total. The van der Waals surface area contributed by atoms with Crippen LogP contribution in [-0.4, -0.2) is 44.6 Å². The number of H-pyrrole nitrogens is 1. The first-order valence-corrected chi connectivity index (χ1v) is 11.8. The highest BCUT2D eigenvalue weighted by atomic mass is 35.5. The number of nitrogens with zero attached hydrogens (tertiary/aromatic N) is 7. The van der Waals surface area contributed by atoms with Gasteiger partial charge in [-0.25, -0.2) is 4.98 Å². The Labute approximate surface area is 207 Å². The Morgan fingerprint density at radius 2 is 2.06 bits per heavy atom. The summed E-state index contributed by atoms with van der Waals surface area (Å²) in [5, 5.41) is 10.1. The number of pyridine rings is 1. The molecule has 9 nitrogen and oxygen atoms in total. The van der Waals surface area contributed by atoms with Gasteiger partial charge in [-0.15, -0.1) is 0 Å². The quantitative estimate of drug-likeness (QED) is 0.460. The molecule has 0 spiro atoms. The lowest BCUT2D eigenvalue weighted by Gasteiger charge is -2.30. The average Bonchev–Trinajstić information content (AvgIpc) is 3.15. The number of fused-ring (bicyclic) bond motifs is 2. The number of nitrogens with one attached hydrogen (secondary N) is 1. The molecular weight excluding hydrogens is 464 g/mol. The zero-order chi connectivity index (χ0) is 24.7. The average molecular weight is 489 g/mol. The number of rotatable bonds is 5. The van der Waals surface area contributed by atoms with Gasteiger partial charge in [-0.3, -0.25) is 4.79 Å². The predicted molar refractivity (Wildman–Crippen MR) is 136 cm³/mol. The van der Waals surface area contributed by atoms with Gasteiger partial charge in [-0.2, -0.15) is 15.2 Å². The fourth-order valence-corrected chi connectivity index (χ4v) is 4.67. The molecule has 0 saturated heterocycles. The zero-order valence-corrected chi connectivity index (χ0v) is 20.6. The molecule has 4 heterocycles. The molecule has 1 aromatic carbocycles. The summed E-state index contributed by atoms with van der Waals surface area (Å²) in [5.41, 5.74) is 4.15. The molecule has 3 aromatic heterocycles. The molecule has 0 bridgehead atoms. The fourth-order valence-electron chi connectivity index (χ4n) is 4.44. The molecule has 0 atom stereocenters. The van der Waals surface area contributed by atoms with Gasteiger partial charge >= 0.3 is 0 Å². The Morgan fingerprint density at radius 3 is 2.83 bits per heavy atom. The highest BCUT2D eigenvalue weighted by molar-refractivity contribution is 6.31. The van der Waals surface area contributed by atoms with Crippen LogP contribution in [0.3, 0.4) is 0 Å². The fraction of sp³-hybridized carbons (Fsp3) is 0.320. The third-order valence-electron chi connectivity index (χ3n) is 6.57. The van der Waals surface area contributed by atoms with Crippen LogP contribution in [0.2, 0.25) is 5.02 Å². The highest BCUT2D eigenvalue weighted by Crippen LogP contribution is 2.30. The molecule has 178 valence electrons. The molecule has 0 fully saturated rings. The SMILES string of the molecule is Cc1nc2nc(N(C)CCc3ccccc3Cl)nc(N3CCc4[nH]c(=O)c(C#N)cc4C3)c2n1C. The van der Waals surface area contributed by atoms with Gasteiger partial charge in [0.15, 0.2) is 11.5 Å². The van der Waals surface area contributed by atoms with Crippen molar-refractivity contribution in [2.75, 3.05) is 29.9 Å². The minimum atomic E-state index is -0.339. The third-order valence-corrected chi connectivity index (χ3v) is 6.94. The molecule has 35 heavy (non-hydrogen) atoms.